The van der Waals surface area contributed by atoms with E-state index in [-0.39, 0.29) is 17.4 Å². The minimum atomic E-state index is -0.790. The summed E-state index contributed by atoms with van der Waals surface area (Å²) in [5.41, 5.74) is 3.46. The van der Waals surface area contributed by atoms with Crippen LogP contribution in [0.5, 0.6) is 0 Å². The van der Waals surface area contributed by atoms with E-state index in [0.717, 1.165) is 41.5 Å². The first-order valence-electron chi connectivity index (χ1n) is 10.3. The van der Waals surface area contributed by atoms with Gasteiger partial charge in [0, 0.05) is 0 Å². The van der Waals surface area contributed by atoms with Gasteiger partial charge in [0.1, 0.15) is 5.57 Å². The molecule has 0 saturated heterocycles. The molecule has 4 heteroatoms. The molecular formula is C24H32O4. The van der Waals surface area contributed by atoms with E-state index in [9.17, 15) is 9.59 Å². The van der Waals surface area contributed by atoms with Gasteiger partial charge in [-0.1, -0.05) is 44.9 Å². The maximum absolute atomic E-state index is 13.0. The fourth-order valence-electron chi connectivity index (χ4n) is 4.56. The Morgan fingerprint density at radius 3 is 2.18 bits per heavy atom. The van der Waals surface area contributed by atoms with E-state index in [0.29, 0.717) is 30.6 Å². The van der Waals surface area contributed by atoms with Crippen molar-refractivity contribution in [3.05, 3.63) is 40.1 Å². The van der Waals surface area contributed by atoms with Gasteiger partial charge in [0.2, 0.25) is 0 Å². The molecule has 152 valence electrons. The number of hydrogen-bond acceptors (Lipinski definition) is 4. The first-order chi connectivity index (χ1) is 13.0. The molecular weight excluding hydrogens is 352 g/mol. The molecule has 1 aliphatic carbocycles. The molecule has 0 aromatic heterocycles. The topological polar surface area (TPSA) is 52.6 Å². The zero-order valence-electron chi connectivity index (χ0n) is 18.0. The molecule has 0 amide bonds. The van der Waals surface area contributed by atoms with E-state index in [1.54, 1.807) is 0 Å². The number of aryl methyl sites for hydroxylation is 3. The largest absolute Gasteiger partial charge is 0.447 e. The molecule has 1 saturated carbocycles. The van der Waals surface area contributed by atoms with Crippen molar-refractivity contribution in [2.24, 2.45) is 5.41 Å². The Kier molecular flexibility index (Phi) is 5.44. The third kappa shape index (κ3) is 4.01. The van der Waals surface area contributed by atoms with Gasteiger partial charge in [-0.2, -0.15) is 0 Å². The number of hydrogen-bond donors (Lipinski definition) is 0. The minimum absolute atomic E-state index is 0.184. The summed E-state index contributed by atoms with van der Waals surface area (Å²) in [5.74, 6) is -0.220. The lowest BCUT2D eigenvalue weighted by Gasteiger charge is -2.33. The van der Waals surface area contributed by atoms with Crippen molar-refractivity contribution >= 4 is 17.5 Å². The summed E-state index contributed by atoms with van der Waals surface area (Å²) in [6.07, 6.45) is 4.76. The molecule has 28 heavy (non-hydrogen) atoms. The van der Waals surface area contributed by atoms with Gasteiger partial charge in [0.05, 0.1) is 6.42 Å². The van der Waals surface area contributed by atoms with Crippen LogP contribution < -0.4 is 0 Å². The maximum Gasteiger partial charge on any atom is 0.343 e. The molecule has 0 radical (unpaired) electrons. The molecule has 0 unspecified atom stereocenters. The first kappa shape index (κ1) is 20.6. The maximum atomic E-state index is 13.0. The molecule has 2 aliphatic rings. The van der Waals surface area contributed by atoms with Gasteiger partial charge in [-0.3, -0.25) is 4.79 Å². The van der Waals surface area contributed by atoms with E-state index in [1.807, 2.05) is 41.5 Å². The van der Waals surface area contributed by atoms with Gasteiger partial charge in [-0.05, 0) is 68.6 Å². The lowest BCUT2D eigenvalue weighted by molar-refractivity contribution is -0.156. The highest BCUT2D eigenvalue weighted by atomic mass is 16.6. The standard InChI is InChI=1S/C24H32O4/c1-15-12-16(2)19(17(3)13-15)20-21(27-18(25)14-23(4,5)6)24(28-22(20)26)10-8-7-9-11-24/h12-13H,7-11,14H2,1-6H3. The van der Waals surface area contributed by atoms with Crippen molar-refractivity contribution in [2.75, 3.05) is 0 Å². The fourth-order valence-corrected chi connectivity index (χ4v) is 4.56. The molecule has 1 heterocycles. The van der Waals surface area contributed by atoms with Crippen LogP contribution in [-0.4, -0.2) is 17.5 Å². The van der Waals surface area contributed by atoms with Gasteiger partial charge >= 0.3 is 11.9 Å². The Bertz CT molecular complexity index is 810. The molecule has 0 N–H and O–H groups in total. The van der Waals surface area contributed by atoms with Crippen molar-refractivity contribution in [3.63, 3.8) is 0 Å². The van der Waals surface area contributed by atoms with E-state index in [4.69, 9.17) is 9.47 Å². The van der Waals surface area contributed by atoms with E-state index in [1.165, 1.54) is 0 Å². The third-order valence-corrected chi connectivity index (χ3v) is 5.61. The molecule has 1 spiro atoms. The van der Waals surface area contributed by atoms with Crippen LogP contribution in [0.2, 0.25) is 0 Å². The Balaban J connectivity index is 2.14. The Morgan fingerprint density at radius 2 is 1.64 bits per heavy atom. The van der Waals surface area contributed by atoms with Gasteiger partial charge in [0.15, 0.2) is 11.4 Å². The molecule has 1 aromatic rings. The quantitative estimate of drug-likeness (QED) is 0.640. The van der Waals surface area contributed by atoms with E-state index in [2.05, 4.69) is 12.1 Å². The summed E-state index contributed by atoms with van der Waals surface area (Å²) < 4.78 is 11.9. The smallest absolute Gasteiger partial charge is 0.343 e. The highest BCUT2D eigenvalue weighted by Crippen LogP contribution is 2.48. The molecule has 0 bridgehead atoms. The second kappa shape index (κ2) is 7.38. The monoisotopic (exact) mass is 384 g/mol. The normalized spacial score (nSPS) is 19.1. The fraction of sp³-hybridized carbons (Fsp3) is 0.583. The molecule has 3 rings (SSSR count). The average molecular weight is 385 g/mol. The predicted octanol–water partition coefficient (Wildman–Crippen LogP) is 5.56. The molecule has 1 aromatic carbocycles. The zero-order valence-corrected chi connectivity index (χ0v) is 18.0. The second-order valence-electron chi connectivity index (χ2n) is 9.63. The third-order valence-electron chi connectivity index (χ3n) is 5.61. The van der Waals surface area contributed by atoms with Crippen LogP contribution in [-0.2, 0) is 19.1 Å². The highest BCUT2D eigenvalue weighted by Gasteiger charge is 2.51. The summed E-state index contributed by atoms with van der Waals surface area (Å²) >= 11 is 0. The van der Waals surface area contributed by atoms with Gasteiger partial charge in [-0.15, -0.1) is 0 Å². The van der Waals surface area contributed by atoms with Crippen LogP contribution in [0, 0.1) is 26.2 Å². The molecule has 0 atom stereocenters. The van der Waals surface area contributed by atoms with Gasteiger partial charge in [-0.25, -0.2) is 4.79 Å². The highest BCUT2D eigenvalue weighted by molar-refractivity contribution is 6.20. The Labute approximate surface area is 168 Å². The van der Waals surface area contributed by atoms with Crippen molar-refractivity contribution in [1.82, 2.24) is 0 Å². The first-order valence-corrected chi connectivity index (χ1v) is 10.3. The zero-order chi connectivity index (χ0) is 20.7. The second-order valence-corrected chi connectivity index (χ2v) is 9.63. The number of benzene rings is 1. The summed E-state index contributed by atoms with van der Waals surface area (Å²) in [5, 5.41) is 0. The van der Waals surface area contributed by atoms with E-state index >= 15 is 0 Å². The number of ether oxygens (including phenoxy) is 2. The van der Waals surface area contributed by atoms with Crippen molar-refractivity contribution in [1.29, 1.82) is 0 Å². The van der Waals surface area contributed by atoms with Crippen molar-refractivity contribution < 1.29 is 19.1 Å². The summed E-state index contributed by atoms with van der Waals surface area (Å²) in [6, 6.07) is 4.12. The number of esters is 2. The Morgan fingerprint density at radius 1 is 1.07 bits per heavy atom. The number of carbonyl (C=O) groups excluding carboxylic acids is 2. The van der Waals surface area contributed by atoms with Crippen LogP contribution in [0.25, 0.3) is 5.57 Å². The summed E-state index contributed by atoms with van der Waals surface area (Å²) in [4.78, 5) is 25.8. The summed E-state index contributed by atoms with van der Waals surface area (Å²) in [6.45, 7) is 12.0. The van der Waals surface area contributed by atoms with Crippen LogP contribution in [0.3, 0.4) is 0 Å². The lowest BCUT2D eigenvalue weighted by Crippen LogP contribution is -2.36. The lowest BCUT2D eigenvalue weighted by atomic mass is 9.81. The summed E-state index contributed by atoms with van der Waals surface area (Å²) in [7, 11) is 0. The molecule has 1 aliphatic heterocycles. The minimum Gasteiger partial charge on any atom is -0.447 e. The van der Waals surface area contributed by atoms with Gasteiger partial charge in [0.25, 0.3) is 0 Å². The Hall–Kier alpha value is -2.10. The van der Waals surface area contributed by atoms with Crippen molar-refractivity contribution in [2.45, 2.75) is 85.7 Å². The predicted molar refractivity (Wildman–Crippen MR) is 110 cm³/mol. The van der Waals surface area contributed by atoms with Gasteiger partial charge < -0.3 is 9.47 Å². The van der Waals surface area contributed by atoms with Crippen LogP contribution in [0.1, 0.15) is 81.5 Å². The van der Waals surface area contributed by atoms with Crippen LogP contribution in [0.4, 0.5) is 0 Å². The van der Waals surface area contributed by atoms with E-state index < -0.39 is 5.60 Å². The SMILES string of the molecule is Cc1cc(C)c(C2=C(OC(=O)CC(C)(C)C)C3(CCCCC3)OC2=O)c(C)c1. The number of carbonyl (C=O) groups is 2. The van der Waals surface area contributed by atoms with Crippen molar-refractivity contribution in [3.8, 4) is 0 Å². The number of rotatable bonds is 3. The van der Waals surface area contributed by atoms with Crippen LogP contribution in [0.15, 0.2) is 17.9 Å². The molecule has 4 nitrogen and oxygen atoms in total. The van der Waals surface area contributed by atoms with Crippen LogP contribution >= 0.6 is 0 Å². The molecule has 1 fully saturated rings. The average Bonchev–Trinajstić information content (AvgIpc) is 2.78.